The van der Waals surface area contributed by atoms with Crippen molar-refractivity contribution in [3.63, 3.8) is 0 Å². The Labute approximate surface area is 125 Å². The van der Waals surface area contributed by atoms with Crippen LogP contribution < -0.4 is 5.32 Å². The van der Waals surface area contributed by atoms with Crippen LogP contribution in [0.25, 0.3) is 5.57 Å². The lowest BCUT2D eigenvalue weighted by molar-refractivity contribution is -0.137. The van der Waals surface area contributed by atoms with Crippen molar-refractivity contribution in [3.05, 3.63) is 52.1 Å². The first kappa shape index (κ1) is 15.7. The molecule has 2 rings (SSSR count). The minimum absolute atomic E-state index is 0.215. The van der Waals surface area contributed by atoms with Gasteiger partial charge in [0.2, 0.25) is 0 Å². The van der Waals surface area contributed by atoms with Crippen molar-refractivity contribution >= 4 is 23.1 Å². The van der Waals surface area contributed by atoms with Crippen molar-refractivity contribution in [1.29, 1.82) is 0 Å². The molecule has 0 unspecified atom stereocenters. The van der Waals surface area contributed by atoms with E-state index in [0.717, 1.165) is 12.1 Å². The average Bonchev–Trinajstić information content (AvgIpc) is 2.75. The molecule has 1 aliphatic carbocycles. The number of Topliss-reactive ketones (excluding diaryl/α,β-unsaturated/α-hetero) is 1. The number of nitrogens with one attached hydrogen (secondary N) is 1. The Morgan fingerprint density at radius 1 is 1.33 bits per heavy atom. The largest absolute Gasteiger partial charge is 0.416 e. The number of hydrogen-bond acceptors (Lipinski definition) is 3. The Morgan fingerprint density at radius 3 is 2.62 bits per heavy atom. The fourth-order valence-electron chi connectivity index (χ4n) is 2.26. The maximum atomic E-state index is 12.8. The van der Waals surface area contributed by atoms with Gasteiger partial charge in [0.25, 0.3) is 0 Å². The molecule has 2 nitrogen and oxygen atoms in total. The van der Waals surface area contributed by atoms with E-state index in [1.54, 1.807) is 12.5 Å². The highest BCUT2D eigenvalue weighted by Gasteiger charge is 2.33. The predicted octanol–water partition coefficient (Wildman–Crippen LogP) is 3.86. The standard InChI is InChI=1S/C15H14F3NOS/c1-19-12-7-10(8-21-2)14(20)13(12)9-4-3-5-11(6-9)15(16,17)18/h3-6,8,19H,7H2,1-2H3/b10-8+. The summed E-state index contributed by atoms with van der Waals surface area (Å²) in [6.45, 7) is 0. The van der Waals surface area contributed by atoms with E-state index in [1.807, 2.05) is 6.26 Å². The van der Waals surface area contributed by atoms with Crippen molar-refractivity contribution in [2.75, 3.05) is 13.3 Å². The fraction of sp³-hybridized carbons (Fsp3) is 0.267. The molecule has 0 spiro atoms. The molecule has 1 N–H and O–H groups in total. The fourth-order valence-corrected chi connectivity index (χ4v) is 2.74. The van der Waals surface area contributed by atoms with Gasteiger partial charge in [-0.15, -0.1) is 11.8 Å². The third kappa shape index (κ3) is 3.15. The minimum Gasteiger partial charge on any atom is -0.391 e. The Hall–Kier alpha value is -1.69. The lowest BCUT2D eigenvalue weighted by Gasteiger charge is -2.10. The summed E-state index contributed by atoms with van der Waals surface area (Å²) in [6, 6.07) is 4.87. The number of hydrogen-bond donors (Lipinski definition) is 1. The zero-order valence-electron chi connectivity index (χ0n) is 11.5. The highest BCUT2D eigenvalue weighted by Crippen LogP contribution is 2.36. The van der Waals surface area contributed by atoms with E-state index >= 15 is 0 Å². The SMILES string of the molecule is CNC1=C(c2cccc(C(F)(F)F)c2)C(=O)/C(=C/SC)C1. The second-order valence-electron chi connectivity index (χ2n) is 4.57. The molecular weight excluding hydrogens is 299 g/mol. The number of alkyl halides is 3. The van der Waals surface area contributed by atoms with Gasteiger partial charge in [-0.25, -0.2) is 0 Å². The van der Waals surface area contributed by atoms with Gasteiger partial charge in [0.1, 0.15) is 0 Å². The molecule has 0 aliphatic heterocycles. The maximum absolute atomic E-state index is 12.8. The van der Waals surface area contributed by atoms with E-state index in [4.69, 9.17) is 0 Å². The Morgan fingerprint density at radius 2 is 2.05 bits per heavy atom. The van der Waals surface area contributed by atoms with E-state index in [0.29, 0.717) is 28.8 Å². The molecule has 1 aromatic carbocycles. The topological polar surface area (TPSA) is 29.1 Å². The number of carbonyl (C=O) groups excluding carboxylic acids is 1. The zero-order valence-corrected chi connectivity index (χ0v) is 12.4. The number of carbonyl (C=O) groups is 1. The van der Waals surface area contributed by atoms with Gasteiger partial charge in [-0.3, -0.25) is 4.79 Å². The van der Waals surface area contributed by atoms with Crippen LogP contribution >= 0.6 is 11.8 Å². The second kappa shape index (κ2) is 5.97. The highest BCUT2D eigenvalue weighted by molar-refractivity contribution is 8.01. The van der Waals surface area contributed by atoms with Gasteiger partial charge in [0, 0.05) is 30.3 Å². The molecule has 0 bridgehead atoms. The third-order valence-electron chi connectivity index (χ3n) is 3.23. The summed E-state index contributed by atoms with van der Waals surface area (Å²) in [5.74, 6) is -0.215. The molecule has 21 heavy (non-hydrogen) atoms. The van der Waals surface area contributed by atoms with Crippen LogP contribution in [0.2, 0.25) is 0 Å². The summed E-state index contributed by atoms with van der Waals surface area (Å²) in [7, 11) is 1.66. The van der Waals surface area contributed by atoms with Gasteiger partial charge >= 0.3 is 6.18 Å². The summed E-state index contributed by atoms with van der Waals surface area (Å²) in [6.07, 6.45) is -2.17. The van der Waals surface area contributed by atoms with Crippen molar-refractivity contribution in [3.8, 4) is 0 Å². The van der Waals surface area contributed by atoms with E-state index in [2.05, 4.69) is 5.32 Å². The molecule has 0 heterocycles. The van der Waals surface area contributed by atoms with Gasteiger partial charge in [-0.1, -0.05) is 12.1 Å². The van der Waals surface area contributed by atoms with E-state index in [9.17, 15) is 18.0 Å². The van der Waals surface area contributed by atoms with Gasteiger partial charge in [0.15, 0.2) is 5.78 Å². The summed E-state index contributed by atoms with van der Waals surface area (Å²) in [5.41, 5.74) is 1.12. The lowest BCUT2D eigenvalue weighted by atomic mass is 10.0. The van der Waals surface area contributed by atoms with Crippen LogP contribution in [0.4, 0.5) is 13.2 Å². The predicted molar refractivity (Wildman–Crippen MR) is 78.6 cm³/mol. The van der Waals surface area contributed by atoms with Gasteiger partial charge in [-0.2, -0.15) is 13.2 Å². The van der Waals surface area contributed by atoms with Crippen molar-refractivity contribution < 1.29 is 18.0 Å². The summed E-state index contributed by atoms with van der Waals surface area (Å²) >= 11 is 1.40. The van der Waals surface area contributed by atoms with Crippen LogP contribution in [-0.4, -0.2) is 19.1 Å². The molecule has 6 heteroatoms. The van der Waals surface area contributed by atoms with Crippen LogP contribution in [0.5, 0.6) is 0 Å². The molecule has 0 aromatic heterocycles. The smallest absolute Gasteiger partial charge is 0.391 e. The molecule has 0 fully saturated rings. The average molecular weight is 313 g/mol. The molecule has 0 saturated heterocycles. The molecule has 1 aromatic rings. The Kier molecular flexibility index (Phi) is 4.46. The zero-order chi connectivity index (χ0) is 15.6. The number of thioether (sulfide) groups is 1. The van der Waals surface area contributed by atoms with Crippen molar-refractivity contribution in [2.45, 2.75) is 12.6 Å². The number of halogens is 3. The molecule has 1 aliphatic rings. The number of benzene rings is 1. The molecular formula is C15H14F3NOS. The second-order valence-corrected chi connectivity index (χ2v) is 5.27. The maximum Gasteiger partial charge on any atom is 0.416 e. The number of allylic oxidation sites excluding steroid dienone is 2. The van der Waals surface area contributed by atoms with Crippen LogP contribution in [-0.2, 0) is 11.0 Å². The van der Waals surface area contributed by atoms with E-state index in [-0.39, 0.29) is 5.78 Å². The highest BCUT2D eigenvalue weighted by atomic mass is 32.2. The third-order valence-corrected chi connectivity index (χ3v) is 3.75. The van der Waals surface area contributed by atoms with Gasteiger partial charge in [-0.05, 0) is 29.4 Å². The van der Waals surface area contributed by atoms with Gasteiger partial charge in [0.05, 0.1) is 5.56 Å². The molecule has 112 valence electrons. The van der Waals surface area contributed by atoms with Crippen molar-refractivity contribution in [2.24, 2.45) is 0 Å². The Balaban J connectivity index is 2.50. The first-order chi connectivity index (χ1) is 9.88. The van der Waals surface area contributed by atoms with E-state index in [1.165, 1.54) is 23.9 Å². The van der Waals surface area contributed by atoms with Crippen LogP contribution in [0, 0.1) is 0 Å². The number of rotatable bonds is 3. The van der Waals surface area contributed by atoms with E-state index < -0.39 is 11.7 Å². The molecule has 0 amide bonds. The summed E-state index contributed by atoms with van der Waals surface area (Å²) in [5, 5.41) is 4.65. The quantitative estimate of drug-likeness (QED) is 0.859. The monoisotopic (exact) mass is 313 g/mol. The normalized spacial score (nSPS) is 17.8. The lowest BCUT2D eigenvalue weighted by Crippen LogP contribution is -2.08. The molecule has 0 atom stereocenters. The van der Waals surface area contributed by atoms with Crippen LogP contribution in [0.15, 0.2) is 40.9 Å². The van der Waals surface area contributed by atoms with Crippen LogP contribution in [0.1, 0.15) is 17.5 Å². The number of ketones is 1. The summed E-state index contributed by atoms with van der Waals surface area (Å²) in [4.78, 5) is 12.4. The summed E-state index contributed by atoms with van der Waals surface area (Å²) < 4.78 is 38.4. The molecule has 0 saturated carbocycles. The first-order valence-electron chi connectivity index (χ1n) is 6.23. The van der Waals surface area contributed by atoms with Crippen molar-refractivity contribution in [1.82, 2.24) is 5.32 Å². The van der Waals surface area contributed by atoms with Crippen LogP contribution in [0.3, 0.4) is 0 Å². The Bertz CT molecular complexity index is 632. The minimum atomic E-state index is -4.42. The van der Waals surface area contributed by atoms with Gasteiger partial charge < -0.3 is 5.32 Å². The first-order valence-corrected chi connectivity index (χ1v) is 7.52. The molecule has 0 radical (unpaired) electrons.